The summed E-state index contributed by atoms with van der Waals surface area (Å²) in [5.74, 6) is 0.376. The molecular weight excluding hydrogens is 402 g/mol. The van der Waals surface area contributed by atoms with Crippen molar-refractivity contribution in [1.29, 1.82) is 0 Å². The molecule has 1 N–H and O–H groups in total. The van der Waals surface area contributed by atoms with E-state index in [2.05, 4.69) is 39.6 Å². The zero-order chi connectivity index (χ0) is 21.3. The van der Waals surface area contributed by atoms with Gasteiger partial charge in [0.15, 0.2) is 5.82 Å². The minimum atomic E-state index is -3.11. The average molecular weight is 428 g/mol. The molecule has 0 spiro atoms. The highest BCUT2D eigenvalue weighted by atomic mass is 32.2. The molecule has 0 atom stereocenters. The summed E-state index contributed by atoms with van der Waals surface area (Å²) in [6, 6.07) is 14.2. The standard InChI is InChI=1S/C21H25N5O3S/c1-16(27)22-21-14-20-19(4-3-9-26(20)23-21)18-7-5-17(6-8-18)15-24-10-12-25(13-11-24)30(2,28)29/h3-9,14H,10-13,15H2,1-2H3,(H,22,23,27). The fourth-order valence-electron chi connectivity index (χ4n) is 3.77. The van der Waals surface area contributed by atoms with E-state index >= 15 is 0 Å². The molecule has 1 aliphatic heterocycles. The molecule has 1 amide bonds. The van der Waals surface area contributed by atoms with Crippen molar-refractivity contribution < 1.29 is 13.2 Å². The molecule has 3 aromatic rings. The van der Waals surface area contributed by atoms with Crippen molar-refractivity contribution in [3.8, 4) is 11.1 Å². The van der Waals surface area contributed by atoms with Crippen LogP contribution >= 0.6 is 0 Å². The van der Waals surface area contributed by atoms with Gasteiger partial charge >= 0.3 is 0 Å². The van der Waals surface area contributed by atoms with Crippen LogP contribution < -0.4 is 5.32 Å². The Balaban J connectivity index is 1.48. The van der Waals surface area contributed by atoms with Crippen LogP contribution in [0, 0.1) is 0 Å². The van der Waals surface area contributed by atoms with Crippen molar-refractivity contribution in [3.63, 3.8) is 0 Å². The maximum atomic E-state index is 11.7. The number of benzene rings is 1. The lowest BCUT2D eigenvalue weighted by Gasteiger charge is -2.33. The van der Waals surface area contributed by atoms with E-state index in [1.54, 1.807) is 4.52 Å². The molecule has 1 fully saturated rings. The van der Waals surface area contributed by atoms with Gasteiger partial charge in [-0.3, -0.25) is 9.69 Å². The van der Waals surface area contributed by atoms with Crippen molar-refractivity contribution in [2.75, 3.05) is 37.8 Å². The molecule has 4 rings (SSSR count). The van der Waals surface area contributed by atoms with Gasteiger partial charge in [-0.1, -0.05) is 30.3 Å². The highest BCUT2D eigenvalue weighted by molar-refractivity contribution is 7.88. The minimum absolute atomic E-state index is 0.151. The summed E-state index contributed by atoms with van der Waals surface area (Å²) in [4.78, 5) is 13.6. The summed E-state index contributed by atoms with van der Waals surface area (Å²) in [7, 11) is -3.11. The van der Waals surface area contributed by atoms with Gasteiger partial charge in [0.05, 0.1) is 11.8 Å². The van der Waals surface area contributed by atoms with E-state index in [0.717, 1.165) is 36.3 Å². The van der Waals surface area contributed by atoms with Gasteiger partial charge in [-0.05, 0) is 17.2 Å². The Hall–Kier alpha value is -2.75. The van der Waals surface area contributed by atoms with Gasteiger partial charge in [0.2, 0.25) is 15.9 Å². The summed E-state index contributed by atoms with van der Waals surface area (Å²) >= 11 is 0. The predicted molar refractivity (Wildman–Crippen MR) is 117 cm³/mol. The molecule has 0 unspecified atom stereocenters. The number of piperazine rings is 1. The van der Waals surface area contributed by atoms with E-state index in [1.807, 2.05) is 24.4 Å². The second kappa shape index (κ2) is 8.17. The molecule has 0 aliphatic carbocycles. The lowest BCUT2D eigenvalue weighted by Crippen LogP contribution is -2.47. The molecule has 158 valence electrons. The van der Waals surface area contributed by atoms with Crippen molar-refractivity contribution in [2.45, 2.75) is 13.5 Å². The summed E-state index contributed by atoms with van der Waals surface area (Å²) < 4.78 is 26.6. The first-order chi connectivity index (χ1) is 14.3. The first kappa shape index (κ1) is 20.5. The maximum Gasteiger partial charge on any atom is 0.222 e. The van der Waals surface area contributed by atoms with Crippen molar-refractivity contribution in [2.24, 2.45) is 0 Å². The number of pyridine rings is 1. The zero-order valence-electron chi connectivity index (χ0n) is 17.1. The van der Waals surface area contributed by atoms with E-state index < -0.39 is 10.0 Å². The largest absolute Gasteiger partial charge is 0.309 e. The molecule has 0 saturated carbocycles. The number of amides is 1. The van der Waals surface area contributed by atoms with Gasteiger partial charge in [0.25, 0.3) is 0 Å². The van der Waals surface area contributed by atoms with E-state index in [1.165, 1.54) is 23.0 Å². The first-order valence-corrected chi connectivity index (χ1v) is 11.7. The Labute approximate surface area is 176 Å². The molecule has 1 saturated heterocycles. The summed E-state index contributed by atoms with van der Waals surface area (Å²) in [5.41, 5.74) is 4.22. The lowest BCUT2D eigenvalue weighted by atomic mass is 10.0. The number of anilines is 1. The Kier molecular flexibility index (Phi) is 5.59. The molecule has 1 aliphatic rings. The molecule has 30 heavy (non-hydrogen) atoms. The van der Waals surface area contributed by atoms with Crippen LogP contribution in [0.1, 0.15) is 12.5 Å². The van der Waals surface area contributed by atoms with Crippen molar-refractivity contribution >= 4 is 27.3 Å². The molecule has 3 heterocycles. The van der Waals surface area contributed by atoms with Crippen LogP contribution in [0.2, 0.25) is 0 Å². The molecule has 8 nitrogen and oxygen atoms in total. The molecular formula is C21H25N5O3S. The second-order valence-corrected chi connectivity index (χ2v) is 9.58. The van der Waals surface area contributed by atoms with Gasteiger partial charge in [0.1, 0.15) is 0 Å². The van der Waals surface area contributed by atoms with Crippen LogP contribution in [-0.2, 0) is 21.4 Å². The molecule has 0 radical (unpaired) electrons. The van der Waals surface area contributed by atoms with Crippen molar-refractivity contribution in [3.05, 3.63) is 54.2 Å². The zero-order valence-corrected chi connectivity index (χ0v) is 17.9. The third-order valence-corrected chi connectivity index (χ3v) is 6.58. The van der Waals surface area contributed by atoms with Crippen LogP contribution in [0.5, 0.6) is 0 Å². The van der Waals surface area contributed by atoms with Gasteiger partial charge in [-0.2, -0.15) is 9.40 Å². The third-order valence-electron chi connectivity index (χ3n) is 5.28. The maximum absolute atomic E-state index is 11.7. The molecule has 2 aromatic heterocycles. The van der Waals surface area contributed by atoms with E-state index in [9.17, 15) is 13.2 Å². The highest BCUT2D eigenvalue weighted by Crippen LogP contribution is 2.27. The number of hydrogen-bond donors (Lipinski definition) is 1. The average Bonchev–Trinajstić information content (AvgIpc) is 3.10. The summed E-state index contributed by atoms with van der Waals surface area (Å²) in [5, 5.41) is 7.11. The SMILES string of the molecule is CC(=O)Nc1cc2c(-c3ccc(CN4CCN(S(C)(=O)=O)CC4)cc3)cccn2n1. The molecule has 0 bridgehead atoms. The number of hydrogen-bond acceptors (Lipinski definition) is 5. The molecule has 1 aromatic carbocycles. The number of aromatic nitrogens is 2. The van der Waals surface area contributed by atoms with Crippen LogP contribution in [0.25, 0.3) is 16.6 Å². The fourth-order valence-corrected chi connectivity index (χ4v) is 4.59. The van der Waals surface area contributed by atoms with Crippen LogP contribution in [0.3, 0.4) is 0 Å². The van der Waals surface area contributed by atoms with E-state index in [4.69, 9.17) is 0 Å². The monoisotopic (exact) mass is 427 g/mol. The van der Waals surface area contributed by atoms with Gasteiger partial charge in [0, 0.05) is 57.5 Å². The van der Waals surface area contributed by atoms with Crippen LogP contribution in [-0.4, -0.2) is 65.6 Å². The Morgan fingerprint density at radius 2 is 1.80 bits per heavy atom. The minimum Gasteiger partial charge on any atom is -0.309 e. The Morgan fingerprint density at radius 3 is 2.43 bits per heavy atom. The second-order valence-electron chi connectivity index (χ2n) is 7.60. The van der Waals surface area contributed by atoms with Crippen LogP contribution in [0.15, 0.2) is 48.7 Å². The van der Waals surface area contributed by atoms with Gasteiger partial charge in [-0.25, -0.2) is 12.9 Å². The summed E-state index contributed by atoms with van der Waals surface area (Å²) in [6.45, 7) is 4.80. The predicted octanol–water partition coefficient (Wildman–Crippen LogP) is 2.04. The summed E-state index contributed by atoms with van der Waals surface area (Å²) in [6.07, 6.45) is 3.12. The number of nitrogens with zero attached hydrogens (tertiary/aromatic N) is 4. The van der Waals surface area contributed by atoms with Gasteiger partial charge < -0.3 is 5.32 Å². The normalized spacial score (nSPS) is 16.1. The third kappa shape index (κ3) is 4.53. The fraction of sp³-hybridized carbons (Fsp3) is 0.333. The number of carbonyl (C=O) groups is 1. The first-order valence-electron chi connectivity index (χ1n) is 9.82. The number of sulfonamides is 1. The topological polar surface area (TPSA) is 87.0 Å². The Morgan fingerprint density at radius 1 is 1.10 bits per heavy atom. The van der Waals surface area contributed by atoms with Gasteiger partial charge in [-0.15, -0.1) is 0 Å². The highest BCUT2D eigenvalue weighted by Gasteiger charge is 2.23. The van der Waals surface area contributed by atoms with E-state index in [0.29, 0.717) is 18.9 Å². The van der Waals surface area contributed by atoms with E-state index in [-0.39, 0.29) is 5.91 Å². The smallest absolute Gasteiger partial charge is 0.222 e. The Bertz CT molecular complexity index is 1160. The molecule has 9 heteroatoms. The number of nitrogens with one attached hydrogen (secondary N) is 1. The lowest BCUT2D eigenvalue weighted by molar-refractivity contribution is -0.114. The number of carbonyl (C=O) groups excluding carboxylic acids is 1. The number of fused-ring (bicyclic) bond motifs is 1. The van der Waals surface area contributed by atoms with Crippen molar-refractivity contribution in [1.82, 2.24) is 18.8 Å². The number of rotatable bonds is 5. The quantitative estimate of drug-likeness (QED) is 0.673. The van der Waals surface area contributed by atoms with Crippen LogP contribution in [0.4, 0.5) is 5.82 Å².